The van der Waals surface area contributed by atoms with Crippen molar-refractivity contribution in [2.45, 2.75) is 33.4 Å². The number of nitrogens with two attached hydrogens (primary N) is 1. The Kier molecular flexibility index (Phi) is 5.88. The van der Waals surface area contributed by atoms with E-state index in [4.69, 9.17) is 5.73 Å². The van der Waals surface area contributed by atoms with E-state index in [0.29, 0.717) is 17.8 Å². The van der Waals surface area contributed by atoms with Crippen LogP contribution in [0, 0.1) is 5.41 Å². The standard InChI is InChI=1S/C19H24N4O2/c1-19(2,3)16(20)18(25)22-12-13-4-6-14(7-5-13)17(24)23-15-8-10-21-11-9-15/h4-11,16H,12,20H2,1-3H3,(H,22,25)(H,21,23,24)/t16-/m1/s1. The van der Waals surface area contributed by atoms with Crippen LogP contribution in [0.2, 0.25) is 0 Å². The average Bonchev–Trinajstić information content (AvgIpc) is 2.59. The Morgan fingerprint density at radius 2 is 1.68 bits per heavy atom. The van der Waals surface area contributed by atoms with Crippen LogP contribution in [0.5, 0.6) is 0 Å². The van der Waals surface area contributed by atoms with Gasteiger partial charge in [0.25, 0.3) is 5.91 Å². The van der Waals surface area contributed by atoms with Gasteiger partial charge in [0, 0.05) is 30.2 Å². The van der Waals surface area contributed by atoms with Crippen molar-refractivity contribution in [1.29, 1.82) is 0 Å². The molecule has 4 N–H and O–H groups in total. The second-order valence-corrected chi connectivity index (χ2v) is 6.95. The van der Waals surface area contributed by atoms with Crippen molar-refractivity contribution in [2.24, 2.45) is 11.1 Å². The van der Waals surface area contributed by atoms with Crippen molar-refractivity contribution >= 4 is 17.5 Å². The molecule has 6 nitrogen and oxygen atoms in total. The molecule has 0 aliphatic rings. The Morgan fingerprint density at radius 3 is 2.24 bits per heavy atom. The number of carbonyl (C=O) groups excluding carboxylic acids is 2. The zero-order valence-corrected chi connectivity index (χ0v) is 14.7. The highest BCUT2D eigenvalue weighted by molar-refractivity contribution is 6.04. The maximum atomic E-state index is 12.2. The lowest BCUT2D eigenvalue weighted by atomic mass is 9.87. The molecule has 2 amide bonds. The van der Waals surface area contributed by atoms with Gasteiger partial charge in [0.05, 0.1) is 6.04 Å². The van der Waals surface area contributed by atoms with Gasteiger partial charge in [0.2, 0.25) is 5.91 Å². The van der Waals surface area contributed by atoms with E-state index in [2.05, 4.69) is 15.6 Å². The number of aromatic nitrogens is 1. The first-order valence-corrected chi connectivity index (χ1v) is 8.11. The fourth-order valence-electron chi connectivity index (χ4n) is 2.10. The topological polar surface area (TPSA) is 97.1 Å². The van der Waals surface area contributed by atoms with Crippen LogP contribution in [-0.2, 0) is 11.3 Å². The number of nitrogens with one attached hydrogen (secondary N) is 2. The number of benzene rings is 1. The number of rotatable bonds is 5. The number of hydrogen-bond acceptors (Lipinski definition) is 4. The Hall–Kier alpha value is -2.73. The van der Waals surface area contributed by atoms with Gasteiger partial charge in [-0.3, -0.25) is 14.6 Å². The molecular formula is C19H24N4O2. The lowest BCUT2D eigenvalue weighted by Crippen LogP contribution is -2.48. The van der Waals surface area contributed by atoms with E-state index < -0.39 is 6.04 Å². The van der Waals surface area contributed by atoms with Crippen LogP contribution < -0.4 is 16.4 Å². The van der Waals surface area contributed by atoms with Gasteiger partial charge in [-0.1, -0.05) is 32.9 Å². The second kappa shape index (κ2) is 7.90. The highest BCUT2D eigenvalue weighted by atomic mass is 16.2. The summed E-state index contributed by atoms with van der Waals surface area (Å²) in [5.41, 5.74) is 7.76. The van der Waals surface area contributed by atoms with Gasteiger partial charge in [-0.05, 0) is 35.2 Å². The Balaban J connectivity index is 1.91. The molecule has 2 rings (SSSR count). The minimum atomic E-state index is -0.571. The molecule has 1 aromatic heterocycles. The first-order valence-electron chi connectivity index (χ1n) is 8.11. The zero-order valence-electron chi connectivity index (χ0n) is 14.7. The Morgan fingerprint density at radius 1 is 1.08 bits per heavy atom. The quantitative estimate of drug-likeness (QED) is 0.778. The molecule has 0 aliphatic carbocycles. The number of pyridine rings is 1. The molecule has 0 aliphatic heterocycles. The summed E-state index contributed by atoms with van der Waals surface area (Å²) in [6.45, 7) is 6.14. The van der Waals surface area contributed by atoms with Gasteiger partial charge in [0.15, 0.2) is 0 Å². The number of carbonyl (C=O) groups is 2. The van der Waals surface area contributed by atoms with E-state index in [0.717, 1.165) is 5.56 Å². The molecule has 0 fully saturated rings. The highest BCUT2D eigenvalue weighted by Gasteiger charge is 2.27. The molecule has 0 radical (unpaired) electrons. The Labute approximate surface area is 147 Å². The summed E-state index contributed by atoms with van der Waals surface area (Å²) < 4.78 is 0. The highest BCUT2D eigenvalue weighted by Crippen LogP contribution is 2.17. The molecule has 1 aromatic carbocycles. The van der Waals surface area contributed by atoms with Crippen molar-refractivity contribution in [3.63, 3.8) is 0 Å². The summed E-state index contributed by atoms with van der Waals surface area (Å²) in [6.07, 6.45) is 3.23. The molecule has 0 spiro atoms. The van der Waals surface area contributed by atoms with Crippen LogP contribution >= 0.6 is 0 Å². The smallest absolute Gasteiger partial charge is 0.255 e. The predicted molar refractivity (Wildman–Crippen MR) is 97.9 cm³/mol. The van der Waals surface area contributed by atoms with E-state index in [1.165, 1.54) is 0 Å². The third kappa shape index (κ3) is 5.39. The van der Waals surface area contributed by atoms with E-state index in [1.807, 2.05) is 32.9 Å². The number of hydrogen-bond donors (Lipinski definition) is 3. The van der Waals surface area contributed by atoms with Crippen LogP contribution in [0.1, 0.15) is 36.7 Å². The summed E-state index contributed by atoms with van der Waals surface area (Å²) in [5.74, 6) is -0.386. The van der Waals surface area contributed by atoms with Crippen LogP contribution in [-0.4, -0.2) is 22.8 Å². The van der Waals surface area contributed by atoms with E-state index in [-0.39, 0.29) is 17.2 Å². The molecule has 132 valence electrons. The molecule has 0 bridgehead atoms. The van der Waals surface area contributed by atoms with E-state index >= 15 is 0 Å². The molecule has 1 atom stereocenters. The number of nitrogens with zero attached hydrogens (tertiary/aromatic N) is 1. The summed E-state index contributed by atoms with van der Waals surface area (Å²) in [4.78, 5) is 28.1. The molecule has 0 saturated carbocycles. The maximum Gasteiger partial charge on any atom is 0.255 e. The first kappa shape index (κ1) is 18.6. The molecule has 0 saturated heterocycles. The van der Waals surface area contributed by atoms with E-state index in [9.17, 15) is 9.59 Å². The van der Waals surface area contributed by atoms with Gasteiger partial charge in [-0.2, -0.15) is 0 Å². The van der Waals surface area contributed by atoms with Crippen LogP contribution in [0.15, 0.2) is 48.8 Å². The van der Waals surface area contributed by atoms with Crippen molar-refractivity contribution in [1.82, 2.24) is 10.3 Å². The van der Waals surface area contributed by atoms with Gasteiger partial charge in [-0.25, -0.2) is 0 Å². The fraction of sp³-hybridized carbons (Fsp3) is 0.316. The fourth-order valence-corrected chi connectivity index (χ4v) is 2.10. The molecule has 0 unspecified atom stereocenters. The van der Waals surface area contributed by atoms with Crippen LogP contribution in [0.25, 0.3) is 0 Å². The third-order valence-electron chi connectivity index (χ3n) is 3.84. The van der Waals surface area contributed by atoms with Gasteiger partial charge in [0.1, 0.15) is 0 Å². The van der Waals surface area contributed by atoms with Crippen molar-refractivity contribution < 1.29 is 9.59 Å². The average molecular weight is 340 g/mol. The van der Waals surface area contributed by atoms with Crippen LogP contribution in [0.4, 0.5) is 5.69 Å². The van der Waals surface area contributed by atoms with Crippen LogP contribution in [0.3, 0.4) is 0 Å². The van der Waals surface area contributed by atoms with Crippen molar-refractivity contribution in [3.05, 3.63) is 59.9 Å². The minimum absolute atomic E-state index is 0.188. The number of anilines is 1. The second-order valence-electron chi connectivity index (χ2n) is 6.95. The van der Waals surface area contributed by atoms with Crippen molar-refractivity contribution in [2.75, 3.05) is 5.32 Å². The summed E-state index contributed by atoms with van der Waals surface area (Å²) >= 11 is 0. The molecule has 6 heteroatoms. The zero-order chi connectivity index (χ0) is 18.4. The first-order chi connectivity index (χ1) is 11.8. The number of amides is 2. The Bertz CT molecular complexity index is 721. The van der Waals surface area contributed by atoms with Crippen molar-refractivity contribution in [3.8, 4) is 0 Å². The van der Waals surface area contributed by atoms with Gasteiger partial charge >= 0.3 is 0 Å². The lowest BCUT2D eigenvalue weighted by molar-refractivity contribution is -0.124. The summed E-state index contributed by atoms with van der Waals surface area (Å²) in [6, 6.07) is 9.94. The minimum Gasteiger partial charge on any atom is -0.351 e. The summed E-state index contributed by atoms with van der Waals surface area (Å²) in [7, 11) is 0. The largest absolute Gasteiger partial charge is 0.351 e. The maximum absolute atomic E-state index is 12.2. The van der Waals surface area contributed by atoms with E-state index in [1.54, 1.807) is 36.7 Å². The van der Waals surface area contributed by atoms with Gasteiger partial charge in [-0.15, -0.1) is 0 Å². The van der Waals surface area contributed by atoms with Gasteiger partial charge < -0.3 is 16.4 Å². The monoisotopic (exact) mass is 340 g/mol. The normalized spacial score (nSPS) is 12.3. The lowest BCUT2D eigenvalue weighted by Gasteiger charge is -2.25. The predicted octanol–water partition coefficient (Wildman–Crippen LogP) is 2.32. The molecule has 2 aromatic rings. The molecule has 25 heavy (non-hydrogen) atoms. The third-order valence-corrected chi connectivity index (χ3v) is 3.84. The summed E-state index contributed by atoms with van der Waals surface area (Å²) in [5, 5.41) is 5.62. The molecular weight excluding hydrogens is 316 g/mol. The molecule has 1 heterocycles. The SMILES string of the molecule is CC(C)(C)[C@H](N)C(=O)NCc1ccc(C(=O)Nc2ccncc2)cc1.